The Hall–Kier alpha value is -2.03. The van der Waals surface area contributed by atoms with Crippen molar-refractivity contribution in [2.75, 3.05) is 18.8 Å². The first-order valence-corrected chi connectivity index (χ1v) is 11.0. The van der Waals surface area contributed by atoms with Crippen LogP contribution in [0.2, 0.25) is 5.02 Å². The van der Waals surface area contributed by atoms with E-state index in [-0.39, 0.29) is 12.5 Å². The van der Waals surface area contributed by atoms with E-state index in [0.29, 0.717) is 22.9 Å². The number of nitrogens with one attached hydrogen (secondary N) is 2. The molecule has 152 valence electrons. The summed E-state index contributed by atoms with van der Waals surface area (Å²) < 4.78 is 0.799. The van der Waals surface area contributed by atoms with Gasteiger partial charge in [0.15, 0.2) is 0 Å². The Labute approximate surface area is 186 Å². The van der Waals surface area contributed by atoms with E-state index >= 15 is 0 Å². The number of imide groups is 1. The van der Waals surface area contributed by atoms with Gasteiger partial charge in [-0.25, -0.2) is 4.79 Å². The van der Waals surface area contributed by atoms with Crippen molar-refractivity contribution in [3.8, 4) is 0 Å². The van der Waals surface area contributed by atoms with Crippen molar-refractivity contribution in [3.63, 3.8) is 0 Å². The number of urea groups is 1. The smallest absolute Gasteiger partial charge is 0.325 e. The van der Waals surface area contributed by atoms with Crippen molar-refractivity contribution in [2.24, 2.45) is 0 Å². The molecule has 6 nitrogen and oxygen atoms in total. The van der Waals surface area contributed by atoms with E-state index in [9.17, 15) is 14.4 Å². The fourth-order valence-corrected chi connectivity index (χ4v) is 4.22. The van der Waals surface area contributed by atoms with Gasteiger partial charge in [0.2, 0.25) is 5.91 Å². The van der Waals surface area contributed by atoms with Crippen LogP contribution in [-0.2, 0) is 15.1 Å². The second kappa shape index (κ2) is 9.19. The van der Waals surface area contributed by atoms with Crippen molar-refractivity contribution < 1.29 is 14.4 Å². The van der Waals surface area contributed by atoms with E-state index in [1.54, 1.807) is 36.9 Å². The fourth-order valence-electron chi connectivity index (χ4n) is 2.93. The highest BCUT2D eigenvalue weighted by Crippen LogP contribution is 2.30. The van der Waals surface area contributed by atoms with Crippen molar-refractivity contribution in [3.05, 3.63) is 63.6 Å². The van der Waals surface area contributed by atoms with Crippen molar-refractivity contribution in [1.29, 1.82) is 0 Å². The minimum atomic E-state index is -1.20. The number of hydrogen-bond acceptors (Lipinski definition) is 4. The molecule has 29 heavy (non-hydrogen) atoms. The molecule has 9 heteroatoms. The zero-order valence-electron chi connectivity index (χ0n) is 15.6. The highest BCUT2D eigenvalue weighted by atomic mass is 79.9. The molecule has 0 bridgehead atoms. The molecule has 2 aromatic carbocycles. The lowest BCUT2D eigenvalue weighted by Crippen LogP contribution is -2.43. The number of amides is 4. The molecule has 0 aromatic heterocycles. The predicted octanol–water partition coefficient (Wildman–Crippen LogP) is 3.78. The average molecular weight is 497 g/mol. The zero-order valence-corrected chi connectivity index (χ0v) is 18.7. The van der Waals surface area contributed by atoms with E-state index in [1.807, 2.05) is 30.3 Å². The molecule has 1 atom stereocenters. The zero-order chi connectivity index (χ0) is 21.0. The maximum Gasteiger partial charge on any atom is 0.325 e. The number of benzene rings is 2. The van der Waals surface area contributed by atoms with Crippen LogP contribution in [0.15, 0.2) is 57.9 Å². The van der Waals surface area contributed by atoms with E-state index < -0.39 is 17.5 Å². The van der Waals surface area contributed by atoms with E-state index in [0.717, 1.165) is 14.3 Å². The number of carbonyl (C=O) groups is 3. The molecular weight excluding hydrogens is 478 g/mol. The van der Waals surface area contributed by atoms with Crippen LogP contribution in [0.1, 0.15) is 12.5 Å². The summed E-state index contributed by atoms with van der Waals surface area (Å²) >= 11 is 10.8. The summed E-state index contributed by atoms with van der Waals surface area (Å²) in [5.41, 5.74) is -0.557. The van der Waals surface area contributed by atoms with Crippen LogP contribution < -0.4 is 10.6 Å². The highest BCUT2D eigenvalue weighted by molar-refractivity contribution is 9.10. The molecule has 1 aliphatic heterocycles. The van der Waals surface area contributed by atoms with Crippen molar-refractivity contribution >= 4 is 57.1 Å². The Balaban J connectivity index is 1.53. The number of halogens is 2. The molecule has 0 saturated carbocycles. The van der Waals surface area contributed by atoms with Crippen molar-refractivity contribution in [2.45, 2.75) is 17.4 Å². The number of hydrogen-bond donors (Lipinski definition) is 2. The third kappa shape index (κ3) is 5.12. The maximum absolute atomic E-state index is 12.9. The Morgan fingerprint density at radius 2 is 1.97 bits per heavy atom. The van der Waals surface area contributed by atoms with Crippen LogP contribution >= 0.6 is 39.3 Å². The SMILES string of the molecule is C[C@]1(c2cccc(Br)c2)NC(=O)N(CC(=O)NCCSc2ccc(Cl)cc2)C1=O. The second-order valence-electron chi connectivity index (χ2n) is 6.61. The summed E-state index contributed by atoms with van der Waals surface area (Å²) in [6, 6.07) is 14.0. The van der Waals surface area contributed by atoms with Gasteiger partial charge >= 0.3 is 6.03 Å². The second-order valence-corrected chi connectivity index (χ2v) is 9.13. The molecule has 3 rings (SSSR count). The normalized spacial score (nSPS) is 18.7. The molecule has 1 aliphatic rings. The third-order valence-electron chi connectivity index (χ3n) is 4.49. The fraction of sp³-hybridized carbons (Fsp3) is 0.250. The molecule has 4 amide bonds. The predicted molar refractivity (Wildman–Crippen MR) is 117 cm³/mol. The minimum absolute atomic E-state index is 0.320. The first kappa shape index (κ1) is 21.7. The van der Waals surface area contributed by atoms with Gasteiger partial charge in [-0.3, -0.25) is 14.5 Å². The Morgan fingerprint density at radius 1 is 1.24 bits per heavy atom. The largest absolute Gasteiger partial charge is 0.354 e. The molecule has 0 radical (unpaired) electrons. The van der Waals surface area contributed by atoms with Crippen LogP contribution in [-0.4, -0.2) is 41.6 Å². The number of carbonyl (C=O) groups excluding carboxylic acids is 3. The lowest BCUT2D eigenvalue weighted by Gasteiger charge is -2.22. The Morgan fingerprint density at radius 3 is 2.66 bits per heavy atom. The van der Waals surface area contributed by atoms with Crippen LogP contribution in [0, 0.1) is 0 Å². The molecule has 0 aliphatic carbocycles. The van der Waals surface area contributed by atoms with Crippen LogP contribution in [0.3, 0.4) is 0 Å². The van der Waals surface area contributed by atoms with Gasteiger partial charge in [-0.1, -0.05) is 39.7 Å². The van der Waals surface area contributed by atoms with Gasteiger partial charge < -0.3 is 10.6 Å². The summed E-state index contributed by atoms with van der Waals surface area (Å²) in [6.45, 7) is 1.73. The minimum Gasteiger partial charge on any atom is -0.354 e. The monoisotopic (exact) mass is 495 g/mol. The maximum atomic E-state index is 12.9. The summed E-state index contributed by atoms with van der Waals surface area (Å²) in [5.74, 6) is -0.182. The molecule has 1 fully saturated rings. The molecular formula is C20H19BrClN3O3S. The number of thioether (sulfide) groups is 1. The number of nitrogens with zero attached hydrogens (tertiary/aromatic N) is 1. The van der Waals surface area contributed by atoms with Crippen LogP contribution in [0.4, 0.5) is 4.79 Å². The molecule has 2 N–H and O–H groups in total. The molecule has 2 aromatic rings. The molecule has 0 spiro atoms. The van der Waals surface area contributed by atoms with E-state index in [4.69, 9.17) is 11.6 Å². The van der Waals surface area contributed by atoms with Crippen LogP contribution in [0.5, 0.6) is 0 Å². The summed E-state index contributed by atoms with van der Waals surface area (Å²) in [6.07, 6.45) is 0. The van der Waals surface area contributed by atoms with Gasteiger partial charge in [0.05, 0.1) is 0 Å². The first-order valence-electron chi connectivity index (χ1n) is 8.85. The lowest BCUT2D eigenvalue weighted by atomic mass is 9.92. The van der Waals surface area contributed by atoms with Gasteiger partial charge in [0.25, 0.3) is 5.91 Å². The molecule has 1 saturated heterocycles. The van der Waals surface area contributed by atoms with E-state index in [2.05, 4.69) is 26.6 Å². The highest BCUT2D eigenvalue weighted by Gasteiger charge is 2.49. The first-order chi connectivity index (χ1) is 13.8. The van der Waals surface area contributed by atoms with Gasteiger partial charge in [-0.05, 0) is 48.9 Å². The van der Waals surface area contributed by atoms with Gasteiger partial charge in [0, 0.05) is 26.7 Å². The topological polar surface area (TPSA) is 78.5 Å². The molecule has 1 heterocycles. The Kier molecular flexibility index (Phi) is 6.87. The molecule has 0 unspecified atom stereocenters. The lowest BCUT2D eigenvalue weighted by molar-refractivity contribution is -0.134. The average Bonchev–Trinajstić information content (AvgIpc) is 2.91. The Bertz CT molecular complexity index is 941. The van der Waals surface area contributed by atoms with Crippen molar-refractivity contribution in [1.82, 2.24) is 15.5 Å². The van der Waals surface area contributed by atoms with E-state index in [1.165, 1.54) is 0 Å². The van der Waals surface area contributed by atoms with Gasteiger partial charge in [-0.15, -0.1) is 11.8 Å². The quantitative estimate of drug-likeness (QED) is 0.347. The summed E-state index contributed by atoms with van der Waals surface area (Å²) in [7, 11) is 0. The summed E-state index contributed by atoms with van der Waals surface area (Å²) in [5, 5.41) is 6.11. The van der Waals surface area contributed by atoms with Gasteiger partial charge in [0.1, 0.15) is 12.1 Å². The third-order valence-corrected chi connectivity index (χ3v) is 6.24. The standard InChI is InChI=1S/C20H19BrClN3O3S/c1-20(13-3-2-4-14(21)11-13)18(27)25(19(28)24-20)12-17(26)23-9-10-29-16-7-5-15(22)6-8-16/h2-8,11H,9-10,12H2,1H3,(H,23,26)(H,24,28)/t20-/m1/s1. The number of rotatable bonds is 7. The van der Waals surface area contributed by atoms with Crippen LogP contribution in [0.25, 0.3) is 0 Å². The van der Waals surface area contributed by atoms with Gasteiger partial charge in [-0.2, -0.15) is 0 Å². The summed E-state index contributed by atoms with van der Waals surface area (Å²) in [4.78, 5) is 39.4.